The molecule has 1 aromatic carbocycles. The second kappa shape index (κ2) is 5.54. The lowest BCUT2D eigenvalue weighted by molar-refractivity contribution is 0.151. The Balaban J connectivity index is 1.77. The molecular weight excluding hydrogens is 256 g/mol. The Bertz CT molecular complexity index is 595. The molecule has 106 valence electrons. The molecule has 0 saturated carbocycles. The van der Waals surface area contributed by atoms with Crippen molar-refractivity contribution in [2.45, 2.75) is 26.0 Å². The van der Waals surface area contributed by atoms with Crippen molar-refractivity contribution < 1.29 is 14.6 Å². The molecular formula is C15H18N2O3. The standard InChI is InChI=1S/C15H18N2O3/c1-11-5-6-17(16-11)10-13(18)12-3-4-14-15(9-12)20-8-2-7-19-14/h3-6,9,13,18H,2,7-8,10H2,1H3. The van der Waals surface area contributed by atoms with Gasteiger partial charge in [0.05, 0.1) is 31.6 Å². The summed E-state index contributed by atoms with van der Waals surface area (Å²) in [5, 5.41) is 14.6. The van der Waals surface area contributed by atoms with Crippen molar-refractivity contribution in [3.63, 3.8) is 0 Å². The third-order valence-corrected chi connectivity index (χ3v) is 3.29. The molecule has 0 fully saturated rings. The summed E-state index contributed by atoms with van der Waals surface area (Å²) in [5.41, 5.74) is 1.75. The third-order valence-electron chi connectivity index (χ3n) is 3.29. The number of ether oxygens (including phenoxy) is 2. The first-order valence-corrected chi connectivity index (χ1v) is 6.80. The lowest BCUT2D eigenvalue weighted by atomic mass is 10.1. The van der Waals surface area contributed by atoms with Crippen LogP contribution in [-0.4, -0.2) is 28.1 Å². The molecule has 1 N–H and O–H groups in total. The Morgan fingerprint density at radius 1 is 1.25 bits per heavy atom. The quantitative estimate of drug-likeness (QED) is 0.931. The average molecular weight is 274 g/mol. The maximum absolute atomic E-state index is 10.3. The molecule has 1 atom stereocenters. The molecule has 1 aliphatic heterocycles. The van der Waals surface area contributed by atoms with Gasteiger partial charge in [-0.3, -0.25) is 4.68 Å². The topological polar surface area (TPSA) is 56.5 Å². The van der Waals surface area contributed by atoms with Crippen LogP contribution in [0.15, 0.2) is 30.5 Å². The van der Waals surface area contributed by atoms with E-state index in [4.69, 9.17) is 9.47 Å². The Labute approximate surface area is 117 Å². The predicted octanol–water partition coefficient (Wildman–Crippen LogP) is 2.09. The largest absolute Gasteiger partial charge is 0.490 e. The molecule has 20 heavy (non-hydrogen) atoms. The highest BCUT2D eigenvalue weighted by Gasteiger charge is 2.15. The molecule has 1 aromatic heterocycles. The van der Waals surface area contributed by atoms with E-state index in [0.717, 1.165) is 23.4 Å². The van der Waals surface area contributed by atoms with Crippen LogP contribution in [0.25, 0.3) is 0 Å². The SMILES string of the molecule is Cc1ccn(CC(O)c2ccc3c(c2)OCCCO3)n1. The normalized spacial score (nSPS) is 15.7. The van der Waals surface area contributed by atoms with Crippen LogP contribution in [0.4, 0.5) is 0 Å². The van der Waals surface area contributed by atoms with Gasteiger partial charge in [0, 0.05) is 12.6 Å². The number of nitrogens with zero attached hydrogens (tertiary/aromatic N) is 2. The molecule has 2 heterocycles. The summed E-state index contributed by atoms with van der Waals surface area (Å²) in [7, 11) is 0. The number of aliphatic hydroxyl groups is 1. The molecule has 1 aliphatic rings. The van der Waals surface area contributed by atoms with Crippen LogP contribution in [-0.2, 0) is 6.54 Å². The van der Waals surface area contributed by atoms with E-state index in [9.17, 15) is 5.11 Å². The smallest absolute Gasteiger partial charge is 0.161 e. The maximum Gasteiger partial charge on any atom is 0.161 e. The maximum atomic E-state index is 10.3. The average Bonchev–Trinajstić information content (AvgIpc) is 2.72. The van der Waals surface area contributed by atoms with Crippen LogP contribution >= 0.6 is 0 Å². The summed E-state index contributed by atoms with van der Waals surface area (Å²) in [6.45, 7) is 3.66. The fraction of sp³-hybridized carbons (Fsp3) is 0.400. The number of aliphatic hydroxyl groups excluding tert-OH is 1. The summed E-state index contributed by atoms with van der Waals surface area (Å²) < 4.78 is 13.0. The Hall–Kier alpha value is -2.01. The zero-order valence-corrected chi connectivity index (χ0v) is 11.5. The van der Waals surface area contributed by atoms with Gasteiger partial charge in [-0.15, -0.1) is 0 Å². The molecule has 3 rings (SSSR count). The zero-order valence-electron chi connectivity index (χ0n) is 11.5. The molecule has 0 saturated heterocycles. The number of benzene rings is 1. The van der Waals surface area contributed by atoms with Crippen molar-refractivity contribution in [2.24, 2.45) is 0 Å². The van der Waals surface area contributed by atoms with Gasteiger partial charge in [-0.2, -0.15) is 5.10 Å². The van der Waals surface area contributed by atoms with Gasteiger partial charge in [0.25, 0.3) is 0 Å². The van der Waals surface area contributed by atoms with Crippen LogP contribution in [0, 0.1) is 6.92 Å². The van der Waals surface area contributed by atoms with Gasteiger partial charge in [-0.05, 0) is 30.7 Å². The van der Waals surface area contributed by atoms with E-state index in [-0.39, 0.29) is 0 Å². The summed E-state index contributed by atoms with van der Waals surface area (Å²) in [4.78, 5) is 0. The van der Waals surface area contributed by atoms with Gasteiger partial charge in [-0.1, -0.05) is 6.07 Å². The van der Waals surface area contributed by atoms with E-state index in [1.165, 1.54) is 0 Å². The van der Waals surface area contributed by atoms with Crippen molar-refractivity contribution in [3.05, 3.63) is 41.7 Å². The van der Waals surface area contributed by atoms with Crippen LogP contribution in [0.1, 0.15) is 23.8 Å². The predicted molar refractivity (Wildman–Crippen MR) is 74.0 cm³/mol. The van der Waals surface area contributed by atoms with Crippen LogP contribution < -0.4 is 9.47 Å². The minimum atomic E-state index is -0.619. The number of aromatic nitrogens is 2. The Kier molecular flexibility index (Phi) is 3.60. The van der Waals surface area contributed by atoms with Gasteiger partial charge < -0.3 is 14.6 Å². The zero-order chi connectivity index (χ0) is 13.9. The van der Waals surface area contributed by atoms with Crippen molar-refractivity contribution in [3.8, 4) is 11.5 Å². The van der Waals surface area contributed by atoms with E-state index in [0.29, 0.717) is 25.5 Å². The van der Waals surface area contributed by atoms with Crippen molar-refractivity contribution in [1.82, 2.24) is 9.78 Å². The molecule has 1 unspecified atom stereocenters. The monoisotopic (exact) mass is 274 g/mol. The number of hydrogen-bond donors (Lipinski definition) is 1. The molecule has 0 aliphatic carbocycles. The highest BCUT2D eigenvalue weighted by atomic mass is 16.5. The van der Waals surface area contributed by atoms with E-state index in [1.54, 1.807) is 4.68 Å². The molecule has 5 nitrogen and oxygen atoms in total. The van der Waals surface area contributed by atoms with E-state index in [1.807, 2.05) is 37.4 Å². The van der Waals surface area contributed by atoms with Crippen LogP contribution in [0.5, 0.6) is 11.5 Å². The fourth-order valence-electron chi connectivity index (χ4n) is 2.23. The molecule has 0 spiro atoms. The van der Waals surface area contributed by atoms with E-state index in [2.05, 4.69) is 5.10 Å². The molecule has 0 bridgehead atoms. The lowest BCUT2D eigenvalue weighted by Gasteiger charge is -2.14. The van der Waals surface area contributed by atoms with Crippen molar-refractivity contribution in [1.29, 1.82) is 0 Å². The fourth-order valence-corrected chi connectivity index (χ4v) is 2.23. The third kappa shape index (κ3) is 2.77. The highest BCUT2D eigenvalue weighted by molar-refractivity contribution is 5.44. The van der Waals surface area contributed by atoms with E-state index < -0.39 is 6.10 Å². The first kappa shape index (κ1) is 13.0. The Morgan fingerprint density at radius 2 is 2.05 bits per heavy atom. The van der Waals surface area contributed by atoms with Crippen LogP contribution in [0.2, 0.25) is 0 Å². The lowest BCUT2D eigenvalue weighted by Crippen LogP contribution is -2.09. The van der Waals surface area contributed by atoms with Gasteiger partial charge in [0.1, 0.15) is 0 Å². The van der Waals surface area contributed by atoms with Gasteiger partial charge >= 0.3 is 0 Å². The second-order valence-electron chi connectivity index (χ2n) is 4.95. The Morgan fingerprint density at radius 3 is 2.80 bits per heavy atom. The highest BCUT2D eigenvalue weighted by Crippen LogP contribution is 2.32. The van der Waals surface area contributed by atoms with E-state index >= 15 is 0 Å². The summed E-state index contributed by atoms with van der Waals surface area (Å²) in [6.07, 6.45) is 2.12. The van der Waals surface area contributed by atoms with Gasteiger partial charge in [0.2, 0.25) is 0 Å². The minimum absolute atomic E-state index is 0.424. The molecule has 5 heteroatoms. The summed E-state index contributed by atoms with van der Waals surface area (Å²) in [6, 6.07) is 7.49. The van der Waals surface area contributed by atoms with Gasteiger partial charge in [0.15, 0.2) is 11.5 Å². The molecule has 0 radical (unpaired) electrons. The van der Waals surface area contributed by atoms with Gasteiger partial charge in [-0.25, -0.2) is 0 Å². The van der Waals surface area contributed by atoms with Crippen molar-refractivity contribution >= 4 is 0 Å². The summed E-state index contributed by atoms with van der Waals surface area (Å²) >= 11 is 0. The number of fused-ring (bicyclic) bond motifs is 1. The first-order valence-electron chi connectivity index (χ1n) is 6.80. The second-order valence-corrected chi connectivity index (χ2v) is 4.95. The molecule has 0 amide bonds. The number of rotatable bonds is 3. The number of aryl methyl sites for hydroxylation is 1. The number of hydrogen-bond acceptors (Lipinski definition) is 4. The first-order chi connectivity index (χ1) is 9.72. The molecule has 2 aromatic rings. The summed E-state index contributed by atoms with van der Waals surface area (Å²) in [5.74, 6) is 1.45. The van der Waals surface area contributed by atoms with Crippen LogP contribution in [0.3, 0.4) is 0 Å². The van der Waals surface area contributed by atoms with Crippen molar-refractivity contribution in [2.75, 3.05) is 13.2 Å². The minimum Gasteiger partial charge on any atom is -0.490 e.